The van der Waals surface area contributed by atoms with Crippen molar-refractivity contribution in [2.45, 2.75) is 33.6 Å². The molecule has 0 aromatic heterocycles. The molecule has 0 aliphatic carbocycles. The molecule has 0 spiro atoms. The Labute approximate surface area is 139 Å². The van der Waals surface area contributed by atoms with E-state index < -0.39 is 0 Å². The first-order chi connectivity index (χ1) is 11.0. The maximum absolute atomic E-state index is 12.2. The molecule has 122 valence electrons. The Morgan fingerprint density at radius 3 is 2.26 bits per heavy atom. The summed E-state index contributed by atoms with van der Waals surface area (Å²) in [5.74, 6) is 0.0663. The van der Waals surface area contributed by atoms with E-state index in [1.54, 1.807) is 0 Å². The van der Waals surface area contributed by atoms with Gasteiger partial charge >= 0.3 is 0 Å². The van der Waals surface area contributed by atoms with Crippen molar-refractivity contribution >= 4 is 17.3 Å². The van der Waals surface area contributed by atoms with Crippen LogP contribution in [0.15, 0.2) is 42.5 Å². The van der Waals surface area contributed by atoms with Crippen LogP contribution in [0.1, 0.15) is 30.0 Å². The quantitative estimate of drug-likeness (QED) is 0.861. The Kier molecular flexibility index (Phi) is 5.80. The number of aryl methyl sites for hydroxylation is 3. The highest BCUT2D eigenvalue weighted by Gasteiger charge is 2.10. The number of hydrogen-bond donors (Lipinski definition) is 1. The fourth-order valence-corrected chi connectivity index (χ4v) is 2.65. The number of nitrogens with one attached hydrogen (secondary N) is 1. The van der Waals surface area contributed by atoms with Crippen LogP contribution in [-0.2, 0) is 11.2 Å². The van der Waals surface area contributed by atoms with E-state index in [1.165, 1.54) is 11.3 Å². The zero-order chi connectivity index (χ0) is 16.8. The lowest BCUT2D eigenvalue weighted by atomic mass is 10.1. The molecule has 2 aromatic rings. The molecule has 23 heavy (non-hydrogen) atoms. The van der Waals surface area contributed by atoms with Crippen LogP contribution in [0.5, 0.6) is 0 Å². The van der Waals surface area contributed by atoms with Gasteiger partial charge in [-0.15, -0.1) is 0 Å². The Morgan fingerprint density at radius 2 is 1.70 bits per heavy atom. The number of amides is 1. The third kappa shape index (κ3) is 4.59. The summed E-state index contributed by atoms with van der Waals surface area (Å²) in [6.45, 7) is 7.19. The maximum atomic E-state index is 12.2. The highest BCUT2D eigenvalue weighted by molar-refractivity contribution is 5.92. The lowest BCUT2D eigenvalue weighted by molar-refractivity contribution is -0.116. The van der Waals surface area contributed by atoms with Crippen LogP contribution in [0, 0.1) is 13.8 Å². The number of anilines is 2. The van der Waals surface area contributed by atoms with Crippen molar-refractivity contribution in [1.29, 1.82) is 0 Å². The van der Waals surface area contributed by atoms with Gasteiger partial charge in [0.2, 0.25) is 5.91 Å². The Balaban J connectivity index is 2.03. The first-order valence-electron chi connectivity index (χ1n) is 8.17. The highest BCUT2D eigenvalue weighted by Crippen LogP contribution is 2.26. The summed E-state index contributed by atoms with van der Waals surface area (Å²) in [5.41, 5.74) is 5.53. The normalized spacial score (nSPS) is 10.4. The molecule has 3 heteroatoms. The van der Waals surface area contributed by atoms with Gasteiger partial charge in [0.15, 0.2) is 0 Å². The highest BCUT2D eigenvalue weighted by atomic mass is 16.1. The van der Waals surface area contributed by atoms with Crippen molar-refractivity contribution < 1.29 is 4.79 Å². The summed E-state index contributed by atoms with van der Waals surface area (Å²) >= 11 is 0. The van der Waals surface area contributed by atoms with Crippen molar-refractivity contribution in [2.75, 3.05) is 23.8 Å². The fourth-order valence-electron chi connectivity index (χ4n) is 2.65. The van der Waals surface area contributed by atoms with Crippen LogP contribution < -0.4 is 10.2 Å². The molecule has 0 saturated heterocycles. The van der Waals surface area contributed by atoms with E-state index in [0.29, 0.717) is 6.42 Å². The van der Waals surface area contributed by atoms with Gasteiger partial charge < -0.3 is 10.2 Å². The molecule has 0 bridgehead atoms. The Bertz CT molecular complexity index is 642. The van der Waals surface area contributed by atoms with Gasteiger partial charge in [-0.3, -0.25) is 4.79 Å². The average molecular weight is 310 g/mol. The third-order valence-electron chi connectivity index (χ3n) is 4.18. The van der Waals surface area contributed by atoms with Gasteiger partial charge in [-0.1, -0.05) is 30.3 Å². The zero-order valence-corrected chi connectivity index (χ0v) is 14.5. The van der Waals surface area contributed by atoms with Crippen molar-refractivity contribution in [2.24, 2.45) is 0 Å². The molecule has 0 aliphatic heterocycles. The molecule has 2 aromatic carbocycles. The van der Waals surface area contributed by atoms with Crippen LogP contribution in [0.4, 0.5) is 11.4 Å². The van der Waals surface area contributed by atoms with Gasteiger partial charge in [-0.2, -0.15) is 0 Å². The summed E-state index contributed by atoms with van der Waals surface area (Å²) in [5, 5.41) is 3.08. The molecule has 0 atom stereocenters. The van der Waals surface area contributed by atoms with Gasteiger partial charge in [-0.25, -0.2) is 0 Å². The molecule has 1 amide bonds. The predicted molar refractivity (Wildman–Crippen MR) is 98.3 cm³/mol. The first-order valence-corrected chi connectivity index (χ1v) is 8.17. The van der Waals surface area contributed by atoms with Crippen LogP contribution >= 0.6 is 0 Å². The molecule has 0 aliphatic rings. The van der Waals surface area contributed by atoms with Gasteiger partial charge in [0.25, 0.3) is 0 Å². The molecular weight excluding hydrogens is 284 g/mol. The molecule has 0 saturated carbocycles. The second kappa shape index (κ2) is 7.82. The van der Waals surface area contributed by atoms with E-state index >= 15 is 0 Å². The van der Waals surface area contributed by atoms with Gasteiger partial charge in [0, 0.05) is 31.4 Å². The van der Waals surface area contributed by atoms with E-state index in [0.717, 1.165) is 29.8 Å². The SMILES string of the molecule is CCN(C)c1cc(C)c(NC(=O)CCc2ccccc2)c(C)c1. The average Bonchev–Trinajstić information content (AvgIpc) is 2.56. The largest absolute Gasteiger partial charge is 0.375 e. The topological polar surface area (TPSA) is 32.3 Å². The first kappa shape index (κ1) is 17.1. The summed E-state index contributed by atoms with van der Waals surface area (Å²) in [4.78, 5) is 14.4. The van der Waals surface area contributed by atoms with Gasteiger partial charge in [0.1, 0.15) is 0 Å². The second-order valence-corrected chi connectivity index (χ2v) is 6.00. The fraction of sp³-hybridized carbons (Fsp3) is 0.350. The molecule has 0 unspecified atom stereocenters. The number of nitrogens with zero attached hydrogens (tertiary/aromatic N) is 1. The lowest BCUT2D eigenvalue weighted by Crippen LogP contribution is -2.18. The maximum Gasteiger partial charge on any atom is 0.224 e. The Morgan fingerprint density at radius 1 is 1.09 bits per heavy atom. The summed E-state index contributed by atoms with van der Waals surface area (Å²) in [6.07, 6.45) is 1.26. The molecular formula is C20H26N2O. The van der Waals surface area contributed by atoms with Crippen molar-refractivity contribution in [1.82, 2.24) is 0 Å². The van der Waals surface area contributed by atoms with E-state index in [2.05, 4.69) is 48.5 Å². The molecule has 3 nitrogen and oxygen atoms in total. The zero-order valence-electron chi connectivity index (χ0n) is 14.5. The lowest BCUT2D eigenvalue weighted by Gasteiger charge is -2.20. The number of rotatable bonds is 6. The molecule has 1 N–H and O–H groups in total. The number of benzene rings is 2. The van der Waals surface area contributed by atoms with Crippen LogP contribution in [-0.4, -0.2) is 19.5 Å². The van der Waals surface area contributed by atoms with Crippen molar-refractivity contribution in [3.63, 3.8) is 0 Å². The number of carbonyl (C=O) groups excluding carboxylic acids is 1. The molecule has 0 fully saturated rings. The third-order valence-corrected chi connectivity index (χ3v) is 4.18. The summed E-state index contributed by atoms with van der Waals surface area (Å²) in [6, 6.07) is 14.4. The van der Waals surface area contributed by atoms with E-state index in [-0.39, 0.29) is 5.91 Å². The number of carbonyl (C=O) groups is 1. The van der Waals surface area contributed by atoms with Crippen LogP contribution in [0.2, 0.25) is 0 Å². The molecule has 2 rings (SSSR count). The van der Waals surface area contributed by atoms with Gasteiger partial charge in [-0.05, 0) is 56.0 Å². The minimum atomic E-state index is 0.0663. The predicted octanol–water partition coefficient (Wildman–Crippen LogP) is 4.33. The standard InChI is InChI=1S/C20H26N2O/c1-5-22(4)18-13-15(2)20(16(3)14-18)21-19(23)12-11-17-9-7-6-8-10-17/h6-10,13-14H,5,11-12H2,1-4H3,(H,21,23). The minimum absolute atomic E-state index is 0.0663. The number of hydrogen-bond acceptors (Lipinski definition) is 2. The summed E-state index contributed by atoms with van der Waals surface area (Å²) in [7, 11) is 2.08. The van der Waals surface area contributed by atoms with Crippen LogP contribution in [0.3, 0.4) is 0 Å². The van der Waals surface area contributed by atoms with E-state index in [9.17, 15) is 4.79 Å². The van der Waals surface area contributed by atoms with E-state index in [4.69, 9.17) is 0 Å². The van der Waals surface area contributed by atoms with Gasteiger partial charge in [0.05, 0.1) is 0 Å². The second-order valence-electron chi connectivity index (χ2n) is 6.00. The monoisotopic (exact) mass is 310 g/mol. The molecule has 0 radical (unpaired) electrons. The summed E-state index contributed by atoms with van der Waals surface area (Å²) < 4.78 is 0. The van der Waals surface area contributed by atoms with Crippen molar-refractivity contribution in [3.05, 3.63) is 59.2 Å². The van der Waals surface area contributed by atoms with Crippen molar-refractivity contribution in [3.8, 4) is 0 Å². The van der Waals surface area contributed by atoms with E-state index in [1.807, 2.05) is 32.0 Å². The Hall–Kier alpha value is -2.29. The minimum Gasteiger partial charge on any atom is -0.375 e. The smallest absolute Gasteiger partial charge is 0.224 e. The van der Waals surface area contributed by atoms with Crippen LogP contribution in [0.25, 0.3) is 0 Å². The molecule has 0 heterocycles.